The number of ether oxygens (including phenoxy) is 1. The summed E-state index contributed by atoms with van der Waals surface area (Å²) >= 11 is 0. The first kappa shape index (κ1) is 23.1. The Balaban J connectivity index is 1.42. The van der Waals surface area contributed by atoms with Crippen molar-refractivity contribution in [2.75, 3.05) is 33.3 Å². The molecule has 3 heterocycles. The number of aliphatic hydroxyl groups excluding tert-OH is 1. The number of ketones is 1. The highest BCUT2D eigenvalue weighted by Gasteiger charge is 2.38. The van der Waals surface area contributed by atoms with E-state index in [1.807, 2.05) is 48.5 Å². The second kappa shape index (κ2) is 10.3. The third-order valence-electron chi connectivity index (χ3n) is 7.68. The van der Waals surface area contributed by atoms with Crippen LogP contribution in [0.3, 0.4) is 0 Å². The lowest BCUT2D eigenvalue weighted by Gasteiger charge is -2.43. The van der Waals surface area contributed by atoms with Crippen LogP contribution in [0.25, 0.3) is 10.9 Å². The number of hydrogen-bond donors (Lipinski definition) is 2. The van der Waals surface area contributed by atoms with Gasteiger partial charge in [-0.25, -0.2) is 0 Å². The molecule has 6 heteroatoms. The van der Waals surface area contributed by atoms with Gasteiger partial charge < -0.3 is 19.7 Å². The molecule has 2 N–H and O–H groups in total. The predicted octanol–water partition coefficient (Wildman–Crippen LogP) is 4.41. The summed E-state index contributed by atoms with van der Waals surface area (Å²) in [6.07, 6.45) is 6.57. The fraction of sp³-hybridized carbons (Fsp3) is 0.464. The molecule has 34 heavy (non-hydrogen) atoms. The van der Waals surface area contributed by atoms with E-state index in [0.717, 1.165) is 42.4 Å². The van der Waals surface area contributed by atoms with Crippen molar-refractivity contribution >= 4 is 16.7 Å². The molecule has 0 bridgehead atoms. The molecule has 0 amide bonds. The van der Waals surface area contributed by atoms with Gasteiger partial charge in [-0.2, -0.15) is 0 Å². The molecule has 2 aromatic carbocycles. The molecule has 0 radical (unpaired) electrons. The number of para-hydroxylation sites is 2. The zero-order valence-corrected chi connectivity index (χ0v) is 20.0. The predicted molar refractivity (Wildman–Crippen MR) is 134 cm³/mol. The van der Waals surface area contributed by atoms with E-state index in [-0.39, 0.29) is 5.78 Å². The van der Waals surface area contributed by atoms with Crippen molar-refractivity contribution in [1.29, 1.82) is 0 Å². The number of benzene rings is 2. The number of fused-ring (bicyclic) bond motifs is 1. The second-order valence-corrected chi connectivity index (χ2v) is 9.61. The molecular formula is C28H35N3O3. The highest BCUT2D eigenvalue weighted by Crippen LogP contribution is 2.36. The Bertz CT molecular complexity index is 1110. The second-order valence-electron chi connectivity index (χ2n) is 9.61. The van der Waals surface area contributed by atoms with Crippen LogP contribution in [0.4, 0.5) is 0 Å². The maximum Gasteiger partial charge on any atom is 0.195 e. The molecule has 0 saturated carbocycles. The summed E-state index contributed by atoms with van der Waals surface area (Å²) in [5.74, 6) is 0.447. The lowest BCUT2D eigenvalue weighted by atomic mass is 9.90. The minimum absolute atomic E-state index is 0.258. The van der Waals surface area contributed by atoms with Crippen LogP contribution in [-0.4, -0.2) is 71.1 Å². The van der Waals surface area contributed by atoms with E-state index in [2.05, 4.69) is 14.8 Å². The maximum atomic E-state index is 13.6. The molecule has 6 nitrogen and oxygen atoms in total. The van der Waals surface area contributed by atoms with Gasteiger partial charge in [-0.05, 0) is 50.9 Å². The van der Waals surface area contributed by atoms with E-state index >= 15 is 0 Å². The lowest BCUT2D eigenvalue weighted by molar-refractivity contribution is 0.0154. The molecule has 1 aromatic heterocycles. The van der Waals surface area contributed by atoms with Gasteiger partial charge in [0, 0.05) is 47.4 Å². The first-order valence-electron chi connectivity index (χ1n) is 12.6. The van der Waals surface area contributed by atoms with Gasteiger partial charge >= 0.3 is 0 Å². The lowest BCUT2D eigenvalue weighted by Crippen LogP contribution is -2.50. The average molecular weight is 462 g/mol. The Hall–Kier alpha value is -2.67. The number of aromatic amines is 1. The third kappa shape index (κ3) is 4.50. The van der Waals surface area contributed by atoms with Crippen LogP contribution in [0, 0.1) is 0 Å². The zero-order valence-electron chi connectivity index (χ0n) is 20.0. The maximum absolute atomic E-state index is 13.6. The fourth-order valence-electron chi connectivity index (χ4n) is 5.87. The number of methoxy groups -OCH3 is 1. The van der Waals surface area contributed by atoms with E-state index in [0.29, 0.717) is 17.4 Å². The zero-order chi connectivity index (χ0) is 23.5. The molecule has 2 fully saturated rings. The van der Waals surface area contributed by atoms with E-state index in [4.69, 9.17) is 4.74 Å². The van der Waals surface area contributed by atoms with E-state index in [1.54, 1.807) is 13.3 Å². The minimum atomic E-state index is -1.19. The van der Waals surface area contributed by atoms with E-state index in [9.17, 15) is 9.90 Å². The number of aromatic nitrogens is 1. The summed E-state index contributed by atoms with van der Waals surface area (Å²) in [7, 11) is 1.65. The largest absolute Gasteiger partial charge is 0.496 e. The van der Waals surface area contributed by atoms with Crippen molar-refractivity contribution in [3.8, 4) is 5.75 Å². The van der Waals surface area contributed by atoms with E-state index in [1.165, 1.54) is 32.4 Å². The molecule has 5 rings (SSSR count). The summed E-state index contributed by atoms with van der Waals surface area (Å²) in [5.41, 5.74) is 2.29. The van der Waals surface area contributed by atoms with Gasteiger partial charge in [0.05, 0.1) is 13.2 Å². The third-order valence-corrected chi connectivity index (χ3v) is 7.68. The summed E-state index contributed by atoms with van der Waals surface area (Å²) in [6.45, 7) is 4.09. The average Bonchev–Trinajstić information content (AvgIpc) is 3.34. The van der Waals surface area contributed by atoms with Crippen LogP contribution in [0.1, 0.15) is 54.1 Å². The normalized spacial score (nSPS) is 20.3. The van der Waals surface area contributed by atoms with Crippen molar-refractivity contribution in [1.82, 2.24) is 14.8 Å². The Labute approximate surface area is 201 Å². The first-order valence-corrected chi connectivity index (χ1v) is 12.6. The fourth-order valence-corrected chi connectivity index (χ4v) is 5.87. The number of likely N-dealkylation sites (tertiary alicyclic amines) is 2. The number of piperidine rings is 2. The molecule has 0 unspecified atom stereocenters. The number of Topliss-reactive ketones (excluding diaryl/α,β-unsaturated/α-hetero) is 1. The number of nitrogens with one attached hydrogen (secondary N) is 1. The number of carbonyl (C=O) groups excluding carboxylic acids is 1. The number of carbonyl (C=O) groups is 1. The Kier molecular flexibility index (Phi) is 6.99. The first-order chi connectivity index (χ1) is 16.7. The number of hydrogen-bond acceptors (Lipinski definition) is 5. The van der Waals surface area contributed by atoms with Crippen LogP contribution < -0.4 is 4.74 Å². The summed E-state index contributed by atoms with van der Waals surface area (Å²) in [6, 6.07) is 15.6. The Morgan fingerprint density at radius 1 is 1.00 bits per heavy atom. The monoisotopic (exact) mass is 461 g/mol. The van der Waals surface area contributed by atoms with Crippen LogP contribution in [0.15, 0.2) is 54.7 Å². The molecule has 180 valence electrons. The summed E-state index contributed by atoms with van der Waals surface area (Å²) < 4.78 is 5.66. The molecule has 0 spiro atoms. The highest BCUT2D eigenvalue weighted by atomic mass is 16.5. The van der Waals surface area contributed by atoms with Gasteiger partial charge in [-0.3, -0.25) is 9.69 Å². The molecule has 0 aliphatic carbocycles. The number of rotatable bonds is 7. The van der Waals surface area contributed by atoms with Gasteiger partial charge in [-0.1, -0.05) is 42.8 Å². The van der Waals surface area contributed by atoms with Gasteiger partial charge in [0.25, 0.3) is 0 Å². The molecule has 2 atom stereocenters. The number of nitrogens with zero attached hydrogens (tertiary/aromatic N) is 2. The van der Waals surface area contributed by atoms with Crippen LogP contribution in [0.5, 0.6) is 5.75 Å². The van der Waals surface area contributed by atoms with Crippen molar-refractivity contribution in [2.45, 2.75) is 50.3 Å². The van der Waals surface area contributed by atoms with Gasteiger partial charge in [0.1, 0.15) is 11.9 Å². The molecular weight excluding hydrogens is 426 g/mol. The van der Waals surface area contributed by atoms with Crippen LogP contribution in [-0.2, 0) is 0 Å². The van der Waals surface area contributed by atoms with Crippen molar-refractivity contribution in [3.63, 3.8) is 0 Å². The number of aliphatic hydroxyl groups is 1. The van der Waals surface area contributed by atoms with E-state index < -0.39 is 12.1 Å². The minimum Gasteiger partial charge on any atom is -0.496 e. The van der Waals surface area contributed by atoms with Crippen LogP contribution >= 0.6 is 0 Å². The standard InChI is InChI=1S/C28H35N3O3/c1-34-25-12-6-4-10-22(25)26(31-17-13-20(14-18-31)30-15-7-2-8-16-30)28(33)27(32)23-19-29-24-11-5-3-9-21(23)24/h3-6,9-12,19-20,26,28-29,33H,2,7-8,13-18H2,1H3/t26-,28+/m0/s1. The molecule has 2 aliphatic rings. The van der Waals surface area contributed by atoms with Crippen molar-refractivity contribution in [3.05, 3.63) is 65.9 Å². The van der Waals surface area contributed by atoms with Gasteiger partial charge in [0.2, 0.25) is 0 Å². The van der Waals surface area contributed by atoms with Crippen LogP contribution in [0.2, 0.25) is 0 Å². The van der Waals surface area contributed by atoms with Crippen molar-refractivity contribution < 1.29 is 14.6 Å². The van der Waals surface area contributed by atoms with Gasteiger partial charge in [-0.15, -0.1) is 0 Å². The Morgan fingerprint density at radius 3 is 2.47 bits per heavy atom. The highest BCUT2D eigenvalue weighted by molar-refractivity contribution is 6.10. The topological polar surface area (TPSA) is 68.8 Å². The number of H-pyrrole nitrogens is 1. The molecule has 3 aromatic rings. The molecule has 2 aliphatic heterocycles. The summed E-state index contributed by atoms with van der Waals surface area (Å²) in [4.78, 5) is 21.7. The van der Waals surface area contributed by atoms with Crippen molar-refractivity contribution in [2.24, 2.45) is 0 Å². The SMILES string of the molecule is COc1ccccc1[C@@H]([C@@H](O)C(=O)c1c[nH]c2ccccc12)N1CCC(N2CCCCC2)CC1. The van der Waals surface area contributed by atoms with Gasteiger partial charge in [0.15, 0.2) is 5.78 Å². The smallest absolute Gasteiger partial charge is 0.195 e. The summed E-state index contributed by atoms with van der Waals surface area (Å²) in [5, 5.41) is 12.4. The Morgan fingerprint density at radius 2 is 1.71 bits per heavy atom. The quantitative estimate of drug-likeness (QED) is 0.510. The molecule has 2 saturated heterocycles.